The molecule has 0 unspecified atom stereocenters. The minimum atomic E-state index is -3.64. The van der Waals surface area contributed by atoms with Crippen molar-refractivity contribution in [3.8, 4) is 5.75 Å². The molecule has 10 nitrogen and oxygen atoms in total. The molecule has 2 aliphatic rings. The Morgan fingerprint density at radius 2 is 1.69 bits per heavy atom. The van der Waals surface area contributed by atoms with Gasteiger partial charge in [-0.15, -0.1) is 0 Å². The molecule has 1 N–H and O–H groups in total. The van der Waals surface area contributed by atoms with Crippen LogP contribution in [0, 0.1) is 5.92 Å². The number of halogens is 2. The molecule has 2 aromatic rings. The summed E-state index contributed by atoms with van der Waals surface area (Å²) in [5.74, 6) is -0.451. The van der Waals surface area contributed by atoms with Crippen molar-refractivity contribution in [3.63, 3.8) is 0 Å². The zero-order valence-electron chi connectivity index (χ0n) is 21.2. The van der Waals surface area contributed by atoms with Crippen LogP contribution in [0.5, 0.6) is 5.75 Å². The second kappa shape index (κ2) is 13.2. The predicted molar refractivity (Wildman–Crippen MR) is 148 cm³/mol. The van der Waals surface area contributed by atoms with Crippen LogP contribution >= 0.6 is 23.2 Å². The molecule has 1 amide bonds. The summed E-state index contributed by atoms with van der Waals surface area (Å²) in [4.78, 5) is 12.9. The van der Waals surface area contributed by atoms with E-state index in [1.54, 1.807) is 24.3 Å². The number of nitrogens with zero attached hydrogens (tertiary/aromatic N) is 2. The third kappa shape index (κ3) is 7.84. The van der Waals surface area contributed by atoms with Crippen molar-refractivity contribution in [3.05, 3.63) is 58.1 Å². The summed E-state index contributed by atoms with van der Waals surface area (Å²) in [6, 6.07) is 10.9. The molecule has 2 heterocycles. The number of hydrogen-bond acceptors (Lipinski definition) is 7. The number of sulfonamides is 2. The number of carbonyl (C=O) groups excluding carboxylic acids is 1. The lowest BCUT2D eigenvalue weighted by atomic mass is 9.99. The standard InChI is InChI=1S/C25H31Cl2N3O7S2/c26-23-8-3-19(16-24(23)27)18-38(32,33)30-10-1-2-20(17-30)25(31)28-9-13-37-21-4-6-22(7-5-21)39(34,35)29-11-14-36-15-12-29/h3-8,16,20H,1-2,9-15,17-18H2,(H,28,31)/t20-/m1/s1. The Morgan fingerprint density at radius 3 is 2.38 bits per heavy atom. The fourth-order valence-corrected chi connectivity index (χ4v) is 7.80. The third-order valence-corrected chi connectivity index (χ3v) is 11.1. The van der Waals surface area contributed by atoms with Gasteiger partial charge >= 0.3 is 0 Å². The number of carbonyl (C=O) groups is 1. The van der Waals surface area contributed by atoms with Gasteiger partial charge in [-0.3, -0.25) is 4.79 Å². The van der Waals surface area contributed by atoms with Gasteiger partial charge in [0.25, 0.3) is 0 Å². The molecule has 1 atom stereocenters. The summed E-state index contributed by atoms with van der Waals surface area (Å²) < 4.78 is 65.0. The number of piperidine rings is 1. The first-order chi connectivity index (χ1) is 18.6. The van der Waals surface area contributed by atoms with E-state index in [4.69, 9.17) is 32.7 Å². The van der Waals surface area contributed by atoms with E-state index >= 15 is 0 Å². The smallest absolute Gasteiger partial charge is 0.243 e. The molecule has 2 fully saturated rings. The largest absolute Gasteiger partial charge is 0.492 e. The molecular formula is C25H31Cl2N3O7S2. The van der Waals surface area contributed by atoms with Gasteiger partial charge in [-0.05, 0) is 54.8 Å². The van der Waals surface area contributed by atoms with Crippen molar-refractivity contribution < 1.29 is 31.1 Å². The predicted octanol–water partition coefficient (Wildman–Crippen LogP) is 2.75. The molecule has 4 rings (SSSR count). The van der Waals surface area contributed by atoms with Crippen LogP contribution in [0.15, 0.2) is 47.4 Å². The maximum absolute atomic E-state index is 13.0. The summed E-state index contributed by atoms with van der Waals surface area (Å²) >= 11 is 11.9. The van der Waals surface area contributed by atoms with Gasteiger partial charge in [0.05, 0.1) is 46.4 Å². The molecule has 0 saturated carbocycles. The Bertz CT molecular complexity index is 1370. The number of hydrogen-bond donors (Lipinski definition) is 1. The highest BCUT2D eigenvalue weighted by atomic mass is 35.5. The van der Waals surface area contributed by atoms with Crippen LogP contribution in [0.25, 0.3) is 0 Å². The summed E-state index contributed by atoms with van der Waals surface area (Å²) in [5, 5.41) is 3.45. The number of nitrogens with one attached hydrogen (secondary N) is 1. The minimum Gasteiger partial charge on any atom is -0.492 e. The van der Waals surface area contributed by atoms with Gasteiger partial charge < -0.3 is 14.8 Å². The molecule has 2 saturated heterocycles. The molecule has 0 aromatic heterocycles. The fraction of sp³-hybridized carbons (Fsp3) is 0.480. The zero-order chi connectivity index (χ0) is 28.0. The molecule has 0 bridgehead atoms. The maximum Gasteiger partial charge on any atom is 0.243 e. The molecular weight excluding hydrogens is 589 g/mol. The van der Waals surface area contributed by atoms with Crippen molar-refractivity contribution in [2.75, 3.05) is 52.5 Å². The second-order valence-electron chi connectivity index (χ2n) is 9.33. The topological polar surface area (TPSA) is 122 Å². The molecule has 14 heteroatoms. The van der Waals surface area contributed by atoms with Gasteiger partial charge in [-0.2, -0.15) is 4.31 Å². The van der Waals surface area contributed by atoms with E-state index in [0.717, 1.165) is 0 Å². The van der Waals surface area contributed by atoms with Crippen LogP contribution in [0.1, 0.15) is 18.4 Å². The summed E-state index contributed by atoms with van der Waals surface area (Å²) in [5.41, 5.74) is 0.528. The van der Waals surface area contributed by atoms with E-state index in [9.17, 15) is 21.6 Å². The van der Waals surface area contributed by atoms with E-state index in [1.807, 2.05) is 0 Å². The molecule has 2 aliphatic heterocycles. The average Bonchev–Trinajstić information content (AvgIpc) is 2.93. The molecule has 0 spiro atoms. The molecule has 214 valence electrons. The van der Waals surface area contributed by atoms with Crippen LogP contribution in [0.2, 0.25) is 10.0 Å². The quantitative estimate of drug-likeness (QED) is 0.406. The van der Waals surface area contributed by atoms with Crippen LogP contribution in [-0.4, -0.2) is 83.9 Å². The Morgan fingerprint density at radius 1 is 0.974 bits per heavy atom. The molecule has 2 aromatic carbocycles. The van der Waals surface area contributed by atoms with Gasteiger partial charge in [-0.25, -0.2) is 21.1 Å². The van der Waals surface area contributed by atoms with E-state index in [1.165, 1.54) is 26.8 Å². The minimum absolute atomic E-state index is 0.107. The van der Waals surface area contributed by atoms with Crippen LogP contribution < -0.4 is 10.1 Å². The van der Waals surface area contributed by atoms with Crippen molar-refractivity contribution in [1.82, 2.24) is 13.9 Å². The lowest BCUT2D eigenvalue weighted by Gasteiger charge is -2.31. The monoisotopic (exact) mass is 619 g/mol. The van der Waals surface area contributed by atoms with Gasteiger partial charge in [0.15, 0.2) is 0 Å². The Balaban J connectivity index is 1.23. The highest BCUT2D eigenvalue weighted by Crippen LogP contribution is 2.26. The Labute approximate surface area is 239 Å². The van der Waals surface area contributed by atoms with E-state index in [2.05, 4.69) is 5.32 Å². The van der Waals surface area contributed by atoms with E-state index < -0.39 is 26.0 Å². The third-order valence-electron chi connectivity index (χ3n) is 6.58. The highest BCUT2D eigenvalue weighted by molar-refractivity contribution is 7.89. The molecule has 0 aliphatic carbocycles. The number of ether oxygens (including phenoxy) is 2. The Hall–Kier alpha value is -1.93. The fourth-order valence-electron chi connectivity index (χ4n) is 4.47. The lowest BCUT2D eigenvalue weighted by molar-refractivity contribution is -0.126. The SMILES string of the molecule is O=C(NCCOc1ccc(S(=O)(=O)N2CCOCC2)cc1)[C@@H]1CCCN(S(=O)(=O)Cc2ccc(Cl)c(Cl)c2)C1. The van der Waals surface area contributed by atoms with Gasteiger partial charge in [0.1, 0.15) is 12.4 Å². The average molecular weight is 621 g/mol. The number of benzene rings is 2. The van der Waals surface area contributed by atoms with Crippen LogP contribution in [0.4, 0.5) is 0 Å². The van der Waals surface area contributed by atoms with Gasteiger partial charge in [0, 0.05) is 26.2 Å². The summed E-state index contributed by atoms with van der Waals surface area (Å²) in [6.45, 7) is 2.25. The van der Waals surface area contributed by atoms with E-state index in [0.29, 0.717) is 62.0 Å². The summed E-state index contributed by atoms with van der Waals surface area (Å²) in [7, 11) is -7.22. The van der Waals surface area contributed by atoms with E-state index in [-0.39, 0.29) is 41.3 Å². The summed E-state index contributed by atoms with van der Waals surface area (Å²) in [6.07, 6.45) is 1.17. The first-order valence-electron chi connectivity index (χ1n) is 12.6. The lowest BCUT2D eigenvalue weighted by Crippen LogP contribution is -2.46. The number of amides is 1. The van der Waals surface area contributed by atoms with Crippen LogP contribution in [-0.2, 0) is 35.3 Å². The van der Waals surface area contributed by atoms with Crippen molar-refractivity contribution in [2.45, 2.75) is 23.5 Å². The van der Waals surface area contributed by atoms with Crippen LogP contribution in [0.3, 0.4) is 0 Å². The van der Waals surface area contributed by atoms with Crippen molar-refractivity contribution in [1.29, 1.82) is 0 Å². The zero-order valence-corrected chi connectivity index (χ0v) is 24.4. The second-order valence-corrected chi connectivity index (χ2v) is 14.1. The molecule has 39 heavy (non-hydrogen) atoms. The number of rotatable bonds is 10. The maximum atomic E-state index is 13.0. The number of morpholine rings is 1. The molecule has 0 radical (unpaired) electrons. The van der Waals surface area contributed by atoms with Gasteiger partial charge in [0.2, 0.25) is 26.0 Å². The van der Waals surface area contributed by atoms with Gasteiger partial charge in [-0.1, -0.05) is 29.3 Å². The Kier molecular flexibility index (Phi) is 10.1. The first kappa shape index (κ1) is 30.0. The van der Waals surface area contributed by atoms with Crippen molar-refractivity contribution in [2.24, 2.45) is 5.92 Å². The first-order valence-corrected chi connectivity index (χ1v) is 16.4. The van der Waals surface area contributed by atoms with Crippen molar-refractivity contribution >= 4 is 49.2 Å². The normalized spacial score (nSPS) is 19.5. The highest BCUT2D eigenvalue weighted by Gasteiger charge is 2.32.